The Morgan fingerprint density at radius 3 is 2.75 bits per heavy atom. The van der Waals surface area contributed by atoms with E-state index in [4.69, 9.17) is 0 Å². The van der Waals surface area contributed by atoms with Crippen molar-refractivity contribution >= 4 is 11.3 Å². The second-order valence-corrected chi connectivity index (χ2v) is 4.82. The van der Waals surface area contributed by atoms with E-state index in [1.165, 1.54) is 4.88 Å². The summed E-state index contributed by atoms with van der Waals surface area (Å²) in [5, 5.41) is 9.99. The van der Waals surface area contributed by atoms with Crippen molar-refractivity contribution in [2.75, 3.05) is 0 Å². The van der Waals surface area contributed by atoms with Crippen LogP contribution in [0.5, 0.6) is 0 Å². The number of thiophene rings is 1. The van der Waals surface area contributed by atoms with Gasteiger partial charge >= 0.3 is 0 Å². The lowest BCUT2D eigenvalue weighted by Gasteiger charge is -2.04. The molecule has 0 aromatic carbocycles. The van der Waals surface area contributed by atoms with Crippen LogP contribution in [0.3, 0.4) is 0 Å². The van der Waals surface area contributed by atoms with Crippen LogP contribution in [0.15, 0.2) is 12.1 Å². The van der Waals surface area contributed by atoms with E-state index in [0.29, 0.717) is 5.92 Å². The molecule has 12 heavy (non-hydrogen) atoms. The van der Waals surface area contributed by atoms with Crippen molar-refractivity contribution in [3.63, 3.8) is 0 Å². The molecule has 2 rings (SSSR count). The van der Waals surface area contributed by atoms with Crippen LogP contribution in [0.4, 0.5) is 0 Å². The fraction of sp³-hybridized carbons (Fsp3) is 0.600. The number of hydrogen-bond acceptors (Lipinski definition) is 2. The second kappa shape index (κ2) is 2.57. The van der Waals surface area contributed by atoms with Gasteiger partial charge in [-0.2, -0.15) is 0 Å². The van der Waals surface area contributed by atoms with Gasteiger partial charge in [0.05, 0.1) is 0 Å². The molecule has 1 aliphatic rings. The fourth-order valence-corrected chi connectivity index (χ4v) is 2.71. The summed E-state index contributed by atoms with van der Waals surface area (Å²) in [4.78, 5) is 2.53. The smallest absolute Gasteiger partial charge is 0.102 e. The molecule has 2 atom stereocenters. The summed E-state index contributed by atoms with van der Waals surface area (Å²) in [6.45, 7) is 4.25. The Morgan fingerprint density at radius 1 is 1.67 bits per heavy atom. The van der Waals surface area contributed by atoms with Crippen molar-refractivity contribution < 1.29 is 5.11 Å². The van der Waals surface area contributed by atoms with Crippen LogP contribution in [0.25, 0.3) is 0 Å². The average Bonchev–Trinajstić information content (AvgIpc) is 2.57. The highest BCUT2D eigenvalue weighted by Crippen LogP contribution is 2.53. The van der Waals surface area contributed by atoms with Gasteiger partial charge in [-0.1, -0.05) is 13.8 Å². The maximum atomic E-state index is 9.99. The van der Waals surface area contributed by atoms with Crippen LogP contribution in [0.2, 0.25) is 0 Å². The van der Waals surface area contributed by atoms with Gasteiger partial charge in [0.25, 0.3) is 0 Å². The van der Waals surface area contributed by atoms with E-state index < -0.39 is 5.60 Å². The molecule has 1 aliphatic carbocycles. The molecule has 66 valence electrons. The summed E-state index contributed by atoms with van der Waals surface area (Å²) in [6.07, 6.45) is 2.02. The Morgan fingerprint density at radius 2 is 2.33 bits per heavy atom. The molecule has 1 aromatic heterocycles. The fourth-order valence-electron chi connectivity index (χ4n) is 1.55. The minimum absolute atomic E-state index is 0.459. The normalized spacial score (nSPS) is 33.8. The van der Waals surface area contributed by atoms with Crippen molar-refractivity contribution in [2.45, 2.75) is 32.3 Å². The highest BCUT2D eigenvalue weighted by Gasteiger charge is 2.51. The van der Waals surface area contributed by atoms with E-state index >= 15 is 0 Å². The molecule has 0 aliphatic heterocycles. The lowest BCUT2D eigenvalue weighted by atomic mass is 10.2. The van der Waals surface area contributed by atoms with E-state index in [0.717, 1.165) is 17.7 Å². The molecular weight excluding hydrogens is 168 g/mol. The number of rotatable bonds is 2. The van der Waals surface area contributed by atoms with E-state index in [-0.39, 0.29) is 0 Å². The zero-order chi connectivity index (χ0) is 8.77. The molecule has 1 fully saturated rings. The van der Waals surface area contributed by atoms with Gasteiger partial charge in [-0.15, -0.1) is 11.3 Å². The highest BCUT2D eigenvalue weighted by atomic mass is 32.1. The van der Waals surface area contributed by atoms with Crippen LogP contribution in [-0.2, 0) is 12.0 Å². The monoisotopic (exact) mass is 182 g/mol. The van der Waals surface area contributed by atoms with Crippen molar-refractivity contribution in [3.05, 3.63) is 21.9 Å². The highest BCUT2D eigenvalue weighted by molar-refractivity contribution is 7.12. The molecule has 1 aromatic rings. The summed E-state index contributed by atoms with van der Waals surface area (Å²) < 4.78 is 0. The average molecular weight is 182 g/mol. The van der Waals surface area contributed by atoms with Gasteiger partial charge in [0.15, 0.2) is 0 Å². The van der Waals surface area contributed by atoms with Crippen LogP contribution >= 0.6 is 11.3 Å². The Balaban J connectivity index is 2.24. The second-order valence-electron chi connectivity index (χ2n) is 3.65. The van der Waals surface area contributed by atoms with Gasteiger partial charge < -0.3 is 5.11 Å². The SMILES string of the molecule is CCc1ccc(C2(O)CC2C)s1. The molecular formula is C10H14OS. The van der Waals surface area contributed by atoms with E-state index in [1.54, 1.807) is 11.3 Å². The third-order valence-corrected chi connectivity index (χ3v) is 4.11. The van der Waals surface area contributed by atoms with Gasteiger partial charge in [0, 0.05) is 9.75 Å². The first-order valence-electron chi connectivity index (χ1n) is 4.48. The van der Waals surface area contributed by atoms with Crippen LogP contribution in [-0.4, -0.2) is 5.11 Å². The summed E-state index contributed by atoms with van der Waals surface area (Å²) in [7, 11) is 0. The van der Waals surface area contributed by atoms with Gasteiger partial charge in [0.1, 0.15) is 5.60 Å². The van der Waals surface area contributed by atoms with Gasteiger partial charge in [-0.25, -0.2) is 0 Å². The Labute approximate surface area is 77.0 Å². The van der Waals surface area contributed by atoms with Gasteiger partial charge in [-0.3, -0.25) is 0 Å². The predicted molar refractivity (Wildman–Crippen MR) is 51.4 cm³/mol. The van der Waals surface area contributed by atoms with Gasteiger partial charge in [0.2, 0.25) is 0 Å². The first-order valence-corrected chi connectivity index (χ1v) is 5.30. The van der Waals surface area contributed by atoms with Crippen molar-refractivity contribution in [1.82, 2.24) is 0 Å². The molecule has 2 unspecified atom stereocenters. The van der Waals surface area contributed by atoms with E-state index in [9.17, 15) is 5.11 Å². The zero-order valence-electron chi connectivity index (χ0n) is 7.50. The number of hydrogen-bond donors (Lipinski definition) is 1. The lowest BCUT2D eigenvalue weighted by Crippen LogP contribution is -2.03. The molecule has 0 amide bonds. The zero-order valence-corrected chi connectivity index (χ0v) is 8.32. The maximum absolute atomic E-state index is 9.99. The molecule has 0 bridgehead atoms. The van der Waals surface area contributed by atoms with Crippen LogP contribution < -0.4 is 0 Å². The third-order valence-electron chi connectivity index (χ3n) is 2.71. The molecule has 1 saturated carbocycles. The van der Waals surface area contributed by atoms with Crippen molar-refractivity contribution in [1.29, 1.82) is 0 Å². The summed E-state index contributed by atoms with van der Waals surface area (Å²) in [5.41, 5.74) is -0.460. The lowest BCUT2D eigenvalue weighted by molar-refractivity contribution is 0.138. The Kier molecular flexibility index (Phi) is 1.77. The van der Waals surface area contributed by atoms with E-state index in [1.807, 2.05) is 0 Å². The Hall–Kier alpha value is -0.340. The summed E-state index contributed by atoms with van der Waals surface area (Å²) in [5.74, 6) is 0.459. The first-order chi connectivity index (χ1) is 5.66. The quantitative estimate of drug-likeness (QED) is 0.745. The first kappa shape index (κ1) is 8.27. The van der Waals surface area contributed by atoms with Crippen LogP contribution in [0, 0.1) is 5.92 Å². The van der Waals surface area contributed by atoms with E-state index in [2.05, 4.69) is 26.0 Å². The van der Waals surface area contributed by atoms with Gasteiger partial charge in [-0.05, 0) is 30.9 Å². The Bertz CT molecular complexity index is 292. The number of aliphatic hydroxyl groups is 1. The summed E-state index contributed by atoms with van der Waals surface area (Å²) >= 11 is 1.76. The van der Waals surface area contributed by atoms with Crippen molar-refractivity contribution in [3.8, 4) is 0 Å². The van der Waals surface area contributed by atoms with Crippen molar-refractivity contribution in [2.24, 2.45) is 5.92 Å². The molecule has 0 spiro atoms. The molecule has 1 N–H and O–H groups in total. The maximum Gasteiger partial charge on any atom is 0.102 e. The molecule has 2 heteroatoms. The molecule has 1 nitrogen and oxygen atoms in total. The topological polar surface area (TPSA) is 20.2 Å². The number of aryl methyl sites for hydroxylation is 1. The minimum Gasteiger partial charge on any atom is -0.384 e. The predicted octanol–water partition coefficient (Wildman–Crippen LogP) is 2.54. The van der Waals surface area contributed by atoms with Crippen LogP contribution in [0.1, 0.15) is 30.0 Å². The molecule has 0 radical (unpaired) electrons. The summed E-state index contributed by atoms with van der Waals surface area (Å²) in [6, 6.07) is 4.20. The standard InChI is InChI=1S/C10H14OS/c1-3-8-4-5-9(12-8)10(11)6-7(10)2/h4-5,7,11H,3,6H2,1-2H3. The molecule has 0 saturated heterocycles. The third kappa shape index (κ3) is 1.10. The molecule has 1 heterocycles. The minimum atomic E-state index is -0.460. The largest absolute Gasteiger partial charge is 0.384 e.